The highest BCUT2D eigenvalue weighted by Gasteiger charge is 2.18. The van der Waals surface area contributed by atoms with Crippen molar-refractivity contribution in [1.82, 2.24) is 0 Å². The molecule has 1 heterocycles. The number of nitrogens with zero attached hydrogens (tertiary/aromatic N) is 1. The minimum absolute atomic E-state index is 0.208. The van der Waals surface area contributed by atoms with Crippen LogP contribution in [0.4, 0.5) is 0 Å². The molecule has 0 fully saturated rings. The molecule has 0 unspecified atom stereocenters. The topological polar surface area (TPSA) is 96.2 Å². The number of hydrogen-bond acceptors (Lipinski definition) is 4. The molecule has 6 nitrogen and oxygen atoms in total. The highest BCUT2D eigenvalue weighted by molar-refractivity contribution is 6.36. The van der Waals surface area contributed by atoms with E-state index in [0.29, 0.717) is 0 Å². The Balaban J connectivity index is 2.80. The van der Waals surface area contributed by atoms with E-state index in [4.69, 9.17) is 10.2 Å². The molecule has 1 aliphatic heterocycles. The van der Waals surface area contributed by atoms with Gasteiger partial charge in [0, 0.05) is 0 Å². The van der Waals surface area contributed by atoms with Crippen molar-refractivity contribution in [3.05, 3.63) is 12.0 Å². The van der Waals surface area contributed by atoms with Crippen LogP contribution in [0.15, 0.2) is 17.0 Å². The molecular formula is C6H5NO5. The first-order valence-corrected chi connectivity index (χ1v) is 2.97. The summed E-state index contributed by atoms with van der Waals surface area (Å²) < 4.78 is 4.56. The van der Waals surface area contributed by atoms with E-state index in [1.165, 1.54) is 0 Å². The van der Waals surface area contributed by atoms with E-state index in [2.05, 4.69) is 9.73 Å². The van der Waals surface area contributed by atoms with E-state index in [9.17, 15) is 9.59 Å². The first-order chi connectivity index (χ1) is 5.61. The molecule has 2 N–H and O–H groups in total. The molecule has 0 aliphatic carbocycles. The molecule has 0 saturated carbocycles. The van der Waals surface area contributed by atoms with Crippen LogP contribution in [-0.4, -0.2) is 34.5 Å². The maximum atomic E-state index is 10.2. The lowest BCUT2D eigenvalue weighted by atomic mass is 10.3. The Morgan fingerprint density at radius 1 is 1.42 bits per heavy atom. The van der Waals surface area contributed by atoms with Gasteiger partial charge in [-0.1, -0.05) is 0 Å². The van der Waals surface area contributed by atoms with E-state index in [1.807, 2.05) is 0 Å². The van der Waals surface area contributed by atoms with Crippen LogP contribution in [0.2, 0.25) is 0 Å². The Bertz CT molecular complexity index is 260. The van der Waals surface area contributed by atoms with Crippen LogP contribution in [0.5, 0.6) is 0 Å². The van der Waals surface area contributed by atoms with Crippen LogP contribution in [0, 0.1) is 0 Å². The number of aliphatic carboxylic acids is 2. The van der Waals surface area contributed by atoms with Gasteiger partial charge in [-0.3, -0.25) is 0 Å². The fourth-order valence-corrected chi connectivity index (χ4v) is 0.591. The Labute approximate surface area is 66.8 Å². The van der Waals surface area contributed by atoms with Crippen molar-refractivity contribution in [2.75, 3.05) is 6.61 Å². The average Bonchev–Trinajstić information content (AvgIpc) is 2.04. The Morgan fingerprint density at radius 2 is 2.08 bits per heavy atom. The van der Waals surface area contributed by atoms with Crippen LogP contribution in [0.3, 0.4) is 0 Å². The summed E-state index contributed by atoms with van der Waals surface area (Å²) in [5.74, 6) is -2.82. The molecule has 0 bridgehead atoms. The number of carboxylic acids is 2. The first kappa shape index (κ1) is 8.25. The highest BCUT2D eigenvalue weighted by Crippen LogP contribution is 2.04. The van der Waals surface area contributed by atoms with Crippen molar-refractivity contribution in [1.29, 1.82) is 0 Å². The third kappa shape index (κ3) is 1.60. The lowest BCUT2D eigenvalue weighted by molar-refractivity contribution is -0.137. The van der Waals surface area contributed by atoms with Gasteiger partial charge in [-0.2, -0.15) is 0 Å². The molecule has 6 heteroatoms. The second-order valence-electron chi connectivity index (χ2n) is 1.97. The molecule has 0 atom stereocenters. The van der Waals surface area contributed by atoms with E-state index in [0.717, 1.165) is 6.20 Å². The average molecular weight is 171 g/mol. The van der Waals surface area contributed by atoms with E-state index < -0.39 is 11.9 Å². The van der Waals surface area contributed by atoms with Gasteiger partial charge in [0.15, 0.2) is 5.71 Å². The number of hydrogen-bond donors (Lipinski definition) is 2. The smallest absolute Gasteiger partial charge is 0.372 e. The third-order valence-electron chi connectivity index (χ3n) is 1.16. The molecule has 0 aromatic carbocycles. The fraction of sp³-hybridized carbons (Fsp3) is 0.167. The van der Waals surface area contributed by atoms with Gasteiger partial charge in [-0.15, -0.1) is 0 Å². The summed E-state index contributed by atoms with van der Waals surface area (Å²) in [5.41, 5.74) is -0.208. The summed E-state index contributed by atoms with van der Waals surface area (Å²) in [5, 5.41) is 16.7. The molecule has 0 saturated heterocycles. The van der Waals surface area contributed by atoms with Crippen molar-refractivity contribution in [3.63, 3.8) is 0 Å². The predicted octanol–water partition coefficient (Wildman–Crippen LogP) is -0.532. The highest BCUT2D eigenvalue weighted by atomic mass is 16.5. The van der Waals surface area contributed by atoms with Crippen LogP contribution in [0.25, 0.3) is 0 Å². The van der Waals surface area contributed by atoms with Crippen molar-refractivity contribution in [2.24, 2.45) is 4.99 Å². The van der Waals surface area contributed by atoms with Gasteiger partial charge in [-0.05, 0) is 0 Å². The predicted molar refractivity (Wildman–Crippen MR) is 36.7 cm³/mol. The summed E-state index contributed by atoms with van der Waals surface area (Å²) in [6.45, 7) is -0.312. The zero-order valence-electron chi connectivity index (χ0n) is 5.85. The summed E-state index contributed by atoms with van der Waals surface area (Å²) in [7, 11) is 0. The van der Waals surface area contributed by atoms with Gasteiger partial charge >= 0.3 is 11.9 Å². The second-order valence-corrected chi connectivity index (χ2v) is 1.97. The molecule has 0 aromatic heterocycles. The molecular weight excluding hydrogens is 166 g/mol. The fourth-order valence-electron chi connectivity index (χ4n) is 0.591. The number of rotatable bonds is 2. The first-order valence-electron chi connectivity index (χ1n) is 2.97. The van der Waals surface area contributed by atoms with E-state index >= 15 is 0 Å². The number of carboxylic acid groups (broad SMARTS) is 2. The summed E-state index contributed by atoms with van der Waals surface area (Å²) in [6, 6.07) is 0. The van der Waals surface area contributed by atoms with Crippen LogP contribution >= 0.6 is 0 Å². The number of aliphatic imine (C=N–C) groups is 1. The minimum Gasteiger partial charge on any atom is -0.479 e. The maximum absolute atomic E-state index is 10.2. The molecule has 1 aliphatic rings. The molecule has 0 spiro atoms. The maximum Gasteiger partial charge on any atom is 0.372 e. The van der Waals surface area contributed by atoms with Gasteiger partial charge in [0.25, 0.3) is 0 Å². The van der Waals surface area contributed by atoms with Crippen LogP contribution in [-0.2, 0) is 14.3 Å². The lowest BCUT2D eigenvalue weighted by Crippen LogP contribution is -2.23. The SMILES string of the molecule is O=C(O)C1=CN=C(C(=O)O)CO1. The molecule has 12 heavy (non-hydrogen) atoms. The number of carbonyl (C=O) groups is 2. The summed E-state index contributed by atoms with van der Waals surface area (Å²) in [4.78, 5) is 23.8. The molecule has 64 valence electrons. The Kier molecular flexibility index (Phi) is 2.09. The van der Waals surface area contributed by atoms with E-state index in [1.54, 1.807) is 0 Å². The zero-order chi connectivity index (χ0) is 9.14. The van der Waals surface area contributed by atoms with Crippen LogP contribution in [0.1, 0.15) is 0 Å². The minimum atomic E-state index is -1.26. The van der Waals surface area contributed by atoms with Crippen molar-refractivity contribution >= 4 is 17.7 Å². The monoisotopic (exact) mass is 171 g/mol. The van der Waals surface area contributed by atoms with Gasteiger partial charge in [0.05, 0.1) is 6.20 Å². The molecule has 0 amide bonds. The van der Waals surface area contributed by atoms with Crippen molar-refractivity contribution in [3.8, 4) is 0 Å². The number of ether oxygens (including phenoxy) is 1. The normalized spacial score (nSPS) is 15.7. The Hall–Kier alpha value is -1.85. The van der Waals surface area contributed by atoms with Gasteiger partial charge in [0.1, 0.15) is 6.61 Å². The Morgan fingerprint density at radius 3 is 2.42 bits per heavy atom. The van der Waals surface area contributed by atoms with Crippen LogP contribution < -0.4 is 0 Å². The van der Waals surface area contributed by atoms with Crippen molar-refractivity contribution in [2.45, 2.75) is 0 Å². The van der Waals surface area contributed by atoms with Gasteiger partial charge < -0.3 is 14.9 Å². The quantitative estimate of drug-likeness (QED) is 0.582. The summed E-state index contributed by atoms with van der Waals surface area (Å²) >= 11 is 0. The largest absolute Gasteiger partial charge is 0.479 e. The molecule has 1 rings (SSSR count). The van der Waals surface area contributed by atoms with Gasteiger partial charge in [0.2, 0.25) is 5.76 Å². The molecule has 0 radical (unpaired) electrons. The van der Waals surface area contributed by atoms with E-state index in [-0.39, 0.29) is 18.1 Å². The van der Waals surface area contributed by atoms with Crippen molar-refractivity contribution < 1.29 is 24.5 Å². The summed E-state index contributed by atoms with van der Waals surface area (Å²) in [6.07, 6.45) is 0.870. The molecule has 0 aromatic rings. The second kappa shape index (κ2) is 3.04. The van der Waals surface area contributed by atoms with Gasteiger partial charge in [-0.25, -0.2) is 14.6 Å². The zero-order valence-corrected chi connectivity index (χ0v) is 5.85. The standard InChI is InChI=1S/C6H5NO5/c8-5(9)3-2-12-4(1-7-3)6(10)11/h1H,2H2,(H,8,9)(H,10,11). The lowest BCUT2D eigenvalue weighted by Gasteiger charge is -2.09. The third-order valence-corrected chi connectivity index (χ3v) is 1.16.